The van der Waals surface area contributed by atoms with E-state index in [0.717, 1.165) is 11.3 Å². The molecule has 0 bridgehead atoms. The van der Waals surface area contributed by atoms with Crippen LogP contribution in [0.5, 0.6) is 10.8 Å². The smallest absolute Gasteiger partial charge is 0.215 e. The number of fused-ring (bicyclic) bond motifs is 1. The molecule has 0 unspecified atom stereocenters. The van der Waals surface area contributed by atoms with Crippen molar-refractivity contribution in [2.24, 2.45) is 0 Å². The van der Waals surface area contributed by atoms with Crippen molar-refractivity contribution in [1.82, 2.24) is 0 Å². The molecule has 0 aliphatic heterocycles. The number of methoxy groups -OCH3 is 1. The summed E-state index contributed by atoms with van der Waals surface area (Å²) < 4.78 is 18.5. The third-order valence-corrected chi connectivity index (χ3v) is 2.81. The van der Waals surface area contributed by atoms with Gasteiger partial charge in [-0.1, -0.05) is 17.4 Å². The topological polar surface area (TPSA) is 29.5 Å². The summed E-state index contributed by atoms with van der Waals surface area (Å²) in [6.07, 6.45) is 0. The average Bonchev–Trinajstić information content (AvgIpc) is 2.43. The Morgan fingerprint density at radius 2 is 2.23 bits per heavy atom. The minimum absolute atomic E-state index is 0.0163. The first-order chi connectivity index (χ1) is 6.24. The zero-order chi connectivity index (χ0) is 9.42. The molecular weight excluding hydrogens is 191 g/mol. The highest BCUT2D eigenvalue weighted by molar-refractivity contribution is 7.21. The summed E-state index contributed by atoms with van der Waals surface area (Å²) in [5.74, 6) is 0.0144. The number of benzene rings is 1. The van der Waals surface area contributed by atoms with Crippen molar-refractivity contribution in [3.63, 3.8) is 0 Å². The molecule has 0 aliphatic rings. The van der Waals surface area contributed by atoms with Crippen molar-refractivity contribution in [3.05, 3.63) is 24.0 Å². The number of hydrogen-bond acceptors (Lipinski definition) is 3. The van der Waals surface area contributed by atoms with E-state index in [2.05, 4.69) is 0 Å². The van der Waals surface area contributed by atoms with E-state index in [1.165, 1.54) is 13.2 Å². The standard InChI is InChI=1S/C9H7FO2S/c1-12-7-5-3-2-4-6(10)8(5)13-9(7)11/h2-4,11H,1H3. The molecule has 1 heterocycles. The Balaban J connectivity index is 2.86. The van der Waals surface area contributed by atoms with Crippen molar-refractivity contribution in [1.29, 1.82) is 0 Å². The second-order valence-electron chi connectivity index (χ2n) is 2.56. The van der Waals surface area contributed by atoms with Gasteiger partial charge in [-0.2, -0.15) is 0 Å². The highest BCUT2D eigenvalue weighted by Gasteiger charge is 2.13. The fourth-order valence-corrected chi connectivity index (χ4v) is 2.16. The van der Waals surface area contributed by atoms with Gasteiger partial charge in [0.1, 0.15) is 5.82 Å². The molecule has 0 saturated heterocycles. The van der Waals surface area contributed by atoms with Crippen LogP contribution in [0.4, 0.5) is 4.39 Å². The van der Waals surface area contributed by atoms with E-state index in [1.54, 1.807) is 12.1 Å². The predicted octanol–water partition coefficient (Wildman–Crippen LogP) is 2.75. The molecule has 13 heavy (non-hydrogen) atoms. The van der Waals surface area contributed by atoms with Crippen LogP contribution in [0.3, 0.4) is 0 Å². The van der Waals surface area contributed by atoms with Crippen LogP contribution in [-0.4, -0.2) is 12.2 Å². The number of thiophene rings is 1. The van der Waals surface area contributed by atoms with Crippen LogP contribution in [0.25, 0.3) is 10.1 Å². The monoisotopic (exact) mass is 198 g/mol. The van der Waals surface area contributed by atoms with Gasteiger partial charge in [0.2, 0.25) is 5.06 Å². The number of halogens is 1. The van der Waals surface area contributed by atoms with Crippen molar-refractivity contribution >= 4 is 21.4 Å². The van der Waals surface area contributed by atoms with Crippen LogP contribution in [0.15, 0.2) is 18.2 Å². The van der Waals surface area contributed by atoms with E-state index in [0.29, 0.717) is 15.8 Å². The van der Waals surface area contributed by atoms with Crippen molar-refractivity contribution in [3.8, 4) is 10.8 Å². The SMILES string of the molecule is COc1c(O)sc2c(F)cccc12. The predicted molar refractivity (Wildman–Crippen MR) is 50.0 cm³/mol. The maximum Gasteiger partial charge on any atom is 0.215 e. The van der Waals surface area contributed by atoms with Crippen molar-refractivity contribution in [2.75, 3.05) is 7.11 Å². The van der Waals surface area contributed by atoms with E-state index in [-0.39, 0.29) is 10.9 Å². The molecule has 0 amide bonds. The third kappa shape index (κ3) is 1.14. The van der Waals surface area contributed by atoms with Crippen LogP contribution in [-0.2, 0) is 0 Å². The van der Waals surface area contributed by atoms with Crippen molar-refractivity contribution in [2.45, 2.75) is 0 Å². The van der Waals surface area contributed by atoms with E-state index >= 15 is 0 Å². The minimum atomic E-state index is -0.332. The molecule has 2 rings (SSSR count). The van der Waals surface area contributed by atoms with Gasteiger partial charge in [-0.3, -0.25) is 0 Å². The number of rotatable bonds is 1. The van der Waals surface area contributed by atoms with Gasteiger partial charge in [0.05, 0.1) is 11.8 Å². The summed E-state index contributed by atoms with van der Waals surface area (Å²) in [7, 11) is 1.45. The lowest BCUT2D eigenvalue weighted by Crippen LogP contribution is -1.80. The van der Waals surface area contributed by atoms with Gasteiger partial charge >= 0.3 is 0 Å². The average molecular weight is 198 g/mol. The summed E-state index contributed by atoms with van der Waals surface area (Å²) in [6.45, 7) is 0. The quantitative estimate of drug-likeness (QED) is 0.763. The van der Waals surface area contributed by atoms with Gasteiger partial charge in [-0.15, -0.1) is 0 Å². The number of ether oxygens (including phenoxy) is 1. The van der Waals surface area contributed by atoms with Gasteiger partial charge in [0.25, 0.3) is 0 Å². The highest BCUT2D eigenvalue weighted by atomic mass is 32.1. The van der Waals surface area contributed by atoms with Gasteiger partial charge in [0, 0.05) is 5.39 Å². The maximum absolute atomic E-state index is 13.2. The molecule has 0 radical (unpaired) electrons. The molecule has 1 aromatic heterocycles. The van der Waals surface area contributed by atoms with E-state index < -0.39 is 0 Å². The Hall–Kier alpha value is -1.29. The van der Waals surface area contributed by atoms with E-state index in [9.17, 15) is 9.50 Å². The number of hydrogen-bond donors (Lipinski definition) is 1. The van der Waals surface area contributed by atoms with Crippen LogP contribution < -0.4 is 4.74 Å². The second kappa shape index (κ2) is 2.88. The molecule has 0 aliphatic carbocycles. The fourth-order valence-electron chi connectivity index (χ4n) is 1.25. The third-order valence-electron chi connectivity index (χ3n) is 1.81. The lowest BCUT2D eigenvalue weighted by atomic mass is 10.2. The summed E-state index contributed by atoms with van der Waals surface area (Å²) in [4.78, 5) is 0. The molecule has 2 nitrogen and oxygen atoms in total. The molecule has 2 aromatic rings. The van der Waals surface area contributed by atoms with Gasteiger partial charge in [-0.05, 0) is 12.1 Å². The zero-order valence-electron chi connectivity index (χ0n) is 6.87. The molecule has 1 N–H and O–H groups in total. The molecule has 68 valence electrons. The molecule has 4 heteroatoms. The molecule has 1 aromatic carbocycles. The summed E-state index contributed by atoms with van der Waals surface area (Å²) in [6, 6.07) is 4.66. The Kier molecular flexibility index (Phi) is 1.84. The highest BCUT2D eigenvalue weighted by Crippen LogP contribution is 2.43. The zero-order valence-corrected chi connectivity index (χ0v) is 7.69. The lowest BCUT2D eigenvalue weighted by Gasteiger charge is -1.96. The Labute approximate surface area is 78.2 Å². The number of aromatic hydroxyl groups is 1. The first-order valence-corrected chi connectivity index (χ1v) is 4.49. The van der Waals surface area contributed by atoms with Crippen LogP contribution >= 0.6 is 11.3 Å². The first-order valence-electron chi connectivity index (χ1n) is 3.68. The molecular formula is C9H7FO2S. The maximum atomic E-state index is 13.2. The van der Waals surface area contributed by atoms with Gasteiger partial charge in [-0.25, -0.2) is 4.39 Å². The molecule has 0 atom stereocenters. The van der Waals surface area contributed by atoms with E-state index in [1.807, 2.05) is 0 Å². The second-order valence-corrected chi connectivity index (χ2v) is 3.56. The summed E-state index contributed by atoms with van der Waals surface area (Å²) in [5, 5.41) is 10.0. The first kappa shape index (κ1) is 8.31. The Morgan fingerprint density at radius 1 is 1.46 bits per heavy atom. The summed E-state index contributed by atoms with van der Waals surface area (Å²) >= 11 is 0.986. The van der Waals surface area contributed by atoms with Crippen LogP contribution in [0.1, 0.15) is 0 Å². The minimum Gasteiger partial charge on any atom is -0.497 e. The van der Waals surface area contributed by atoms with Crippen LogP contribution in [0.2, 0.25) is 0 Å². The van der Waals surface area contributed by atoms with E-state index in [4.69, 9.17) is 4.74 Å². The van der Waals surface area contributed by atoms with Gasteiger partial charge in [0.15, 0.2) is 5.75 Å². The lowest BCUT2D eigenvalue weighted by molar-refractivity contribution is 0.385. The van der Waals surface area contributed by atoms with Gasteiger partial charge < -0.3 is 9.84 Å². The molecule has 0 fully saturated rings. The fraction of sp³-hybridized carbons (Fsp3) is 0.111. The van der Waals surface area contributed by atoms with Crippen LogP contribution in [0, 0.1) is 5.82 Å². The Morgan fingerprint density at radius 3 is 2.92 bits per heavy atom. The normalized spacial score (nSPS) is 10.6. The largest absolute Gasteiger partial charge is 0.497 e. The summed E-state index contributed by atoms with van der Waals surface area (Å²) in [5.41, 5.74) is 0. The molecule has 0 saturated carbocycles. The van der Waals surface area contributed by atoms with Crippen molar-refractivity contribution < 1.29 is 14.2 Å². The Bertz CT molecular complexity index is 450. The molecule has 0 spiro atoms.